The van der Waals surface area contributed by atoms with E-state index >= 15 is 0 Å². The van der Waals surface area contributed by atoms with Gasteiger partial charge in [-0.05, 0) is 19.8 Å². The van der Waals surface area contributed by atoms with Gasteiger partial charge in [-0.25, -0.2) is 0 Å². The van der Waals surface area contributed by atoms with Crippen LogP contribution in [0.15, 0.2) is 0 Å². The Morgan fingerprint density at radius 1 is 0.950 bits per heavy atom. The fraction of sp³-hybridized carbons (Fsp3) is 1.00. The lowest BCUT2D eigenvalue weighted by Gasteiger charge is -2.46. The van der Waals surface area contributed by atoms with Gasteiger partial charge in [0.1, 0.15) is 0 Å². The summed E-state index contributed by atoms with van der Waals surface area (Å²) >= 11 is 0. The van der Waals surface area contributed by atoms with Crippen molar-refractivity contribution >= 4 is 0 Å². The van der Waals surface area contributed by atoms with Gasteiger partial charge in [-0.3, -0.25) is 9.80 Å². The molecule has 0 aliphatic carbocycles. The van der Waals surface area contributed by atoms with Gasteiger partial charge >= 0.3 is 0 Å². The maximum absolute atomic E-state index is 5.66. The summed E-state index contributed by atoms with van der Waals surface area (Å²) in [5, 5.41) is 0. The largest absolute Gasteiger partial charge is 0.329 e. The molecule has 0 saturated carbocycles. The summed E-state index contributed by atoms with van der Waals surface area (Å²) in [6.07, 6.45) is 9.61. The summed E-state index contributed by atoms with van der Waals surface area (Å²) in [7, 11) is 0. The van der Waals surface area contributed by atoms with Crippen LogP contribution in [0.4, 0.5) is 0 Å². The normalized spacial score (nSPS) is 21.0. The van der Waals surface area contributed by atoms with E-state index in [1.165, 1.54) is 71.1 Å². The Morgan fingerprint density at radius 3 is 2.15 bits per heavy atom. The lowest BCUT2D eigenvalue weighted by molar-refractivity contribution is 0.0334. The molecule has 1 fully saturated rings. The van der Waals surface area contributed by atoms with E-state index in [0.29, 0.717) is 5.54 Å². The maximum atomic E-state index is 5.66. The molecule has 1 heterocycles. The third-order valence-corrected chi connectivity index (χ3v) is 5.16. The van der Waals surface area contributed by atoms with Gasteiger partial charge in [-0.2, -0.15) is 0 Å². The molecule has 1 atom stereocenters. The van der Waals surface area contributed by atoms with Crippen molar-refractivity contribution in [1.29, 1.82) is 0 Å². The highest BCUT2D eigenvalue weighted by Gasteiger charge is 2.31. The van der Waals surface area contributed by atoms with Gasteiger partial charge < -0.3 is 5.73 Å². The minimum absolute atomic E-state index is 0.418. The van der Waals surface area contributed by atoms with E-state index in [2.05, 4.69) is 30.6 Å². The molecule has 1 saturated heterocycles. The Bertz CT molecular complexity index is 236. The molecule has 0 amide bonds. The van der Waals surface area contributed by atoms with Crippen molar-refractivity contribution in [1.82, 2.24) is 9.80 Å². The fourth-order valence-corrected chi connectivity index (χ4v) is 3.36. The van der Waals surface area contributed by atoms with Crippen molar-refractivity contribution < 1.29 is 0 Å². The summed E-state index contributed by atoms with van der Waals surface area (Å²) in [6.45, 7) is 13.8. The Kier molecular flexibility index (Phi) is 8.74. The number of hydrogen-bond donors (Lipinski definition) is 1. The van der Waals surface area contributed by atoms with Crippen LogP contribution in [0.25, 0.3) is 0 Å². The average molecular weight is 284 g/mol. The van der Waals surface area contributed by atoms with Crippen molar-refractivity contribution in [3.05, 3.63) is 0 Å². The van der Waals surface area contributed by atoms with Gasteiger partial charge in [0.05, 0.1) is 0 Å². The molecule has 0 spiro atoms. The lowest BCUT2D eigenvalue weighted by atomic mass is 9.88. The van der Waals surface area contributed by atoms with E-state index in [0.717, 1.165) is 13.1 Å². The van der Waals surface area contributed by atoms with Crippen molar-refractivity contribution in [2.45, 2.75) is 71.3 Å². The number of rotatable bonds is 10. The van der Waals surface area contributed by atoms with Crippen LogP contribution in [0.3, 0.4) is 0 Å². The fourth-order valence-electron chi connectivity index (χ4n) is 3.36. The molecule has 0 aromatic heterocycles. The third-order valence-electron chi connectivity index (χ3n) is 5.16. The first-order chi connectivity index (χ1) is 9.66. The summed E-state index contributed by atoms with van der Waals surface area (Å²) in [5.74, 6) is 0. The Hall–Kier alpha value is -0.120. The van der Waals surface area contributed by atoms with E-state index in [4.69, 9.17) is 5.73 Å². The first kappa shape index (κ1) is 17.9. The van der Waals surface area contributed by atoms with Crippen molar-refractivity contribution in [3.8, 4) is 0 Å². The van der Waals surface area contributed by atoms with Gasteiger partial charge in [-0.15, -0.1) is 0 Å². The molecule has 3 heteroatoms. The average Bonchev–Trinajstić information content (AvgIpc) is 2.48. The van der Waals surface area contributed by atoms with Crippen molar-refractivity contribution in [3.63, 3.8) is 0 Å². The Labute approximate surface area is 126 Å². The molecular formula is C17H37N3. The van der Waals surface area contributed by atoms with Crippen molar-refractivity contribution in [2.75, 3.05) is 39.3 Å². The van der Waals surface area contributed by atoms with E-state index in [1.807, 2.05) is 0 Å². The molecule has 0 bridgehead atoms. The summed E-state index contributed by atoms with van der Waals surface area (Å²) in [5.41, 5.74) is 6.07. The van der Waals surface area contributed by atoms with Crippen LogP contribution in [-0.2, 0) is 0 Å². The smallest absolute Gasteiger partial charge is 0.0179 e. The molecule has 2 N–H and O–H groups in total. The first-order valence-electron chi connectivity index (χ1n) is 8.83. The zero-order valence-corrected chi connectivity index (χ0v) is 14.2. The second-order valence-corrected chi connectivity index (χ2v) is 6.63. The lowest BCUT2D eigenvalue weighted by Crippen LogP contribution is -2.56. The van der Waals surface area contributed by atoms with E-state index in [1.54, 1.807) is 0 Å². The standard InChI is InChI=1S/C17H37N3/c1-4-6-7-8-9-10-17(3,5-2)20-15-13-19(12-11-18)14-16-20/h4-16,18H2,1-3H3. The number of nitrogens with zero attached hydrogens (tertiary/aromatic N) is 2. The van der Waals surface area contributed by atoms with Crippen LogP contribution in [0.1, 0.15) is 65.7 Å². The number of unbranched alkanes of at least 4 members (excludes halogenated alkanes) is 4. The predicted molar refractivity (Wildman–Crippen MR) is 89.1 cm³/mol. The summed E-state index contributed by atoms with van der Waals surface area (Å²) < 4.78 is 0. The molecule has 0 radical (unpaired) electrons. The molecule has 0 aromatic rings. The second-order valence-electron chi connectivity index (χ2n) is 6.63. The topological polar surface area (TPSA) is 32.5 Å². The molecule has 1 rings (SSSR count). The van der Waals surface area contributed by atoms with Gasteiger partial charge in [0.2, 0.25) is 0 Å². The predicted octanol–water partition coefficient (Wildman–Crippen LogP) is 3.09. The monoisotopic (exact) mass is 283 g/mol. The molecular weight excluding hydrogens is 246 g/mol. The molecule has 20 heavy (non-hydrogen) atoms. The highest BCUT2D eigenvalue weighted by Crippen LogP contribution is 2.27. The van der Waals surface area contributed by atoms with E-state index in [9.17, 15) is 0 Å². The maximum Gasteiger partial charge on any atom is 0.0179 e. The number of nitrogens with two attached hydrogens (primary N) is 1. The minimum Gasteiger partial charge on any atom is -0.329 e. The van der Waals surface area contributed by atoms with Crippen LogP contribution < -0.4 is 5.73 Å². The molecule has 1 aliphatic rings. The summed E-state index contributed by atoms with van der Waals surface area (Å²) in [6, 6.07) is 0. The van der Waals surface area contributed by atoms with E-state index in [-0.39, 0.29) is 0 Å². The highest BCUT2D eigenvalue weighted by molar-refractivity contribution is 4.88. The van der Waals surface area contributed by atoms with Crippen LogP contribution in [0.5, 0.6) is 0 Å². The van der Waals surface area contributed by atoms with E-state index < -0.39 is 0 Å². The minimum atomic E-state index is 0.418. The van der Waals surface area contributed by atoms with Crippen LogP contribution in [-0.4, -0.2) is 54.6 Å². The molecule has 1 aliphatic heterocycles. The number of piperazine rings is 1. The SMILES string of the molecule is CCCCCCCC(C)(CC)N1CCN(CCN)CC1. The van der Waals surface area contributed by atoms with Gasteiger partial charge in [0, 0.05) is 44.8 Å². The Morgan fingerprint density at radius 2 is 1.60 bits per heavy atom. The quantitative estimate of drug-likeness (QED) is 0.625. The summed E-state index contributed by atoms with van der Waals surface area (Å²) in [4.78, 5) is 5.24. The molecule has 120 valence electrons. The molecule has 1 unspecified atom stereocenters. The molecule has 3 nitrogen and oxygen atoms in total. The second kappa shape index (κ2) is 9.75. The van der Waals surface area contributed by atoms with Crippen LogP contribution in [0, 0.1) is 0 Å². The van der Waals surface area contributed by atoms with Gasteiger partial charge in [0.15, 0.2) is 0 Å². The van der Waals surface area contributed by atoms with Gasteiger partial charge in [0.25, 0.3) is 0 Å². The number of hydrogen-bond acceptors (Lipinski definition) is 3. The molecule has 0 aromatic carbocycles. The zero-order chi connectivity index (χ0) is 14.8. The van der Waals surface area contributed by atoms with Crippen LogP contribution >= 0.6 is 0 Å². The first-order valence-corrected chi connectivity index (χ1v) is 8.83. The van der Waals surface area contributed by atoms with Crippen LogP contribution in [0.2, 0.25) is 0 Å². The zero-order valence-electron chi connectivity index (χ0n) is 14.2. The third kappa shape index (κ3) is 5.71. The van der Waals surface area contributed by atoms with Gasteiger partial charge in [-0.1, -0.05) is 46.0 Å². The van der Waals surface area contributed by atoms with Crippen molar-refractivity contribution in [2.24, 2.45) is 5.73 Å². The highest BCUT2D eigenvalue weighted by atomic mass is 15.3. The Balaban J connectivity index is 2.32.